The van der Waals surface area contributed by atoms with Crippen LogP contribution in [0.2, 0.25) is 0 Å². The maximum absolute atomic E-state index is 14.3. The highest BCUT2D eigenvalue weighted by molar-refractivity contribution is 6.24. The molecule has 210 valence electrons. The molecule has 0 aromatic heterocycles. The van der Waals surface area contributed by atoms with Gasteiger partial charge in [0.2, 0.25) is 5.91 Å². The van der Waals surface area contributed by atoms with Crippen molar-refractivity contribution in [3.63, 3.8) is 0 Å². The van der Waals surface area contributed by atoms with Crippen molar-refractivity contribution in [1.29, 1.82) is 0 Å². The number of hydroxylamine groups is 2. The molecule has 7 rings (SSSR count). The van der Waals surface area contributed by atoms with Crippen molar-refractivity contribution in [3.05, 3.63) is 130 Å². The largest absolute Gasteiger partial charge is 0.497 e. The first-order chi connectivity index (χ1) is 20.4. The molecule has 0 radical (unpaired) electrons. The molecule has 0 unspecified atom stereocenters. The van der Waals surface area contributed by atoms with Gasteiger partial charge in [-0.15, -0.1) is 5.06 Å². The lowest BCUT2D eigenvalue weighted by atomic mass is 9.77. The molecule has 0 aliphatic carbocycles. The zero-order valence-electron chi connectivity index (χ0n) is 22.6. The summed E-state index contributed by atoms with van der Waals surface area (Å²) in [7, 11) is 1.59. The molecule has 10 nitrogen and oxygen atoms in total. The predicted octanol–water partition coefficient (Wildman–Crippen LogP) is 4.82. The molecule has 0 saturated carbocycles. The van der Waals surface area contributed by atoms with E-state index in [-0.39, 0.29) is 18.1 Å². The normalized spacial score (nSPS) is 25.0. The summed E-state index contributed by atoms with van der Waals surface area (Å²) in [6.07, 6.45) is -1.74. The van der Waals surface area contributed by atoms with Gasteiger partial charge in [0.05, 0.1) is 17.7 Å². The Hall–Kier alpha value is -5.06. The van der Waals surface area contributed by atoms with Crippen LogP contribution in [0.15, 0.2) is 109 Å². The van der Waals surface area contributed by atoms with Gasteiger partial charge in [0.1, 0.15) is 23.4 Å². The van der Waals surface area contributed by atoms with Gasteiger partial charge in [-0.1, -0.05) is 60.7 Å². The van der Waals surface area contributed by atoms with Crippen LogP contribution in [-0.2, 0) is 20.0 Å². The Bertz CT molecular complexity index is 1680. The molecule has 42 heavy (non-hydrogen) atoms. The zero-order chi connectivity index (χ0) is 29.0. The van der Waals surface area contributed by atoms with Crippen LogP contribution in [0.4, 0.5) is 17.1 Å². The van der Waals surface area contributed by atoms with E-state index >= 15 is 0 Å². The minimum Gasteiger partial charge on any atom is -0.497 e. The highest BCUT2D eigenvalue weighted by atomic mass is 16.7. The molecule has 0 bridgehead atoms. The number of para-hydroxylation sites is 1. The number of imide groups is 1. The quantitative estimate of drug-likeness (QED) is 0.187. The third kappa shape index (κ3) is 3.73. The van der Waals surface area contributed by atoms with Crippen molar-refractivity contribution in [2.24, 2.45) is 5.92 Å². The number of anilines is 2. The second-order valence-electron chi connectivity index (χ2n) is 10.5. The molecule has 10 heteroatoms. The van der Waals surface area contributed by atoms with Gasteiger partial charge >= 0.3 is 0 Å². The molecule has 3 saturated heterocycles. The van der Waals surface area contributed by atoms with Crippen LogP contribution in [0.5, 0.6) is 5.75 Å². The number of non-ortho nitro benzene ring substituents is 1. The van der Waals surface area contributed by atoms with E-state index in [4.69, 9.17) is 9.57 Å². The molecule has 4 aromatic rings. The average Bonchev–Trinajstić information content (AvgIpc) is 3.62. The van der Waals surface area contributed by atoms with E-state index in [1.807, 2.05) is 60.7 Å². The Balaban J connectivity index is 1.42. The highest BCUT2D eigenvalue weighted by Gasteiger charge is 2.72. The van der Waals surface area contributed by atoms with E-state index in [1.165, 1.54) is 17.0 Å². The third-order valence-electron chi connectivity index (χ3n) is 8.39. The van der Waals surface area contributed by atoms with Crippen LogP contribution in [0.25, 0.3) is 0 Å². The molecule has 4 atom stereocenters. The first-order valence-electron chi connectivity index (χ1n) is 13.5. The van der Waals surface area contributed by atoms with Crippen LogP contribution in [0, 0.1) is 16.0 Å². The summed E-state index contributed by atoms with van der Waals surface area (Å²) in [4.78, 5) is 49.3. The number of hydrogen-bond acceptors (Lipinski definition) is 8. The number of nitrogens with zero attached hydrogens (tertiary/aromatic N) is 4. The topological polar surface area (TPSA) is 105 Å². The van der Waals surface area contributed by atoms with E-state index in [0.717, 1.165) is 11.3 Å². The Morgan fingerprint density at radius 1 is 0.857 bits per heavy atom. The van der Waals surface area contributed by atoms with E-state index in [2.05, 4.69) is 4.90 Å². The van der Waals surface area contributed by atoms with E-state index < -0.39 is 34.6 Å². The Kier molecular flexibility index (Phi) is 6.03. The van der Waals surface area contributed by atoms with E-state index in [9.17, 15) is 19.7 Å². The second kappa shape index (κ2) is 9.79. The molecule has 0 N–H and O–H groups in total. The van der Waals surface area contributed by atoms with Crippen LogP contribution in [-0.4, -0.2) is 41.6 Å². The number of rotatable bonds is 6. The van der Waals surface area contributed by atoms with Gasteiger partial charge in [0.25, 0.3) is 11.6 Å². The summed E-state index contributed by atoms with van der Waals surface area (Å²) in [6.45, 7) is 0.277. The molecule has 2 amide bonds. The summed E-state index contributed by atoms with van der Waals surface area (Å²) in [5, 5.41) is 13.5. The monoisotopic (exact) mass is 562 g/mol. The number of hydrogen-bond donors (Lipinski definition) is 0. The van der Waals surface area contributed by atoms with Crippen molar-refractivity contribution < 1.29 is 24.1 Å². The van der Waals surface area contributed by atoms with Crippen molar-refractivity contribution in [2.45, 2.75) is 17.8 Å². The van der Waals surface area contributed by atoms with Crippen molar-refractivity contribution in [3.8, 4) is 5.75 Å². The highest BCUT2D eigenvalue weighted by Crippen LogP contribution is 2.59. The minimum absolute atomic E-state index is 0.0683. The maximum atomic E-state index is 14.3. The molecule has 4 aromatic carbocycles. The van der Waals surface area contributed by atoms with E-state index in [0.29, 0.717) is 17.0 Å². The Morgan fingerprint density at radius 3 is 2.21 bits per heavy atom. The molecular weight excluding hydrogens is 536 g/mol. The Morgan fingerprint density at radius 2 is 1.55 bits per heavy atom. The van der Waals surface area contributed by atoms with Gasteiger partial charge in [-0.25, -0.2) is 4.90 Å². The fraction of sp³-hybridized carbons (Fsp3) is 0.188. The lowest BCUT2D eigenvalue weighted by Gasteiger charge is -2.35. The molecular formula is C32H26N4O6. The average molecular weight is 563 g/mol. The number of nitro benzene ring substituents is 1. The number of nitro groups is 1. The zero-order valence-corrected chi connectivity index (χ0v) is 22.6. The number of amides is 2. The number of methoxy groups -OCH3 is 1. The summed E-state index contributed by atoms with van der Waals surface area (Å²) in [5.74, 6) is -0.974. The van der Waals surface area contributed by atoms with Gasteiger partial charge in [-0.3, -0.25) is 24.5 Å². The van der Waals surface area contributed by atoms with Gasteiger partial charge in [0, 0.05) is 24.4 Å². The minimum atomic E-state index is -1.09. The molecule has 0 spiro atoms. The number of ether oxygens (including phenoxy) is 1. The van der Waals surface area contributed by atoms with Crippen LogP contribution in [0.3, 0.4) is 0 Å². The molecule has 3 heterocycles. The van der Waals surface area contributed by atoms with Gasteiger partial charge in [-0.05, 0) is 47.5 Å². The standard InChI is InChI=1S/C32H26N4O6/c1-41-26-17-15-23(16-18-26)33-20-32(22-10-4-2-5-11-22)27-28(31(38)34(30(27)37)24-12-6-3-7-13-24)42-35(32)29(33)21-9-8-14-25(19-21)36(39)40/h2-19,27-29H,20H2,1H3/t27-,28+,29-,32-/m0/s1. The van der Waals surface area contributed by atoms with Gasteiger partial charge in [-0.2, -0.15) is 0 Å². The van der Waals surface area contributed by atoms with E-state index in [1.54, 1.807) is 48.6 Å². The summed E-state index contributed by atoms with van der Waals surface area (Å²) < 4.78 is 5.37. The van der Waals surface area contributed by atoms with Crippen molar-refractivity contribution >= 4 is 28.9 Å². The SMILES string of the molecule is COc1ccc(N2C[C@]3(c4ccccc4)[C@@H]4C(=O)N(c5ccccc5)C(=O)[C@@H]4ON3[C@H]2c2cccc([N+](=O)[O-])c2)cc1. The number of carbonyl (C=O) groups is 2. The predicted molar refractivity (Wildman–Crippen MR) is 153 cm³/mol. The first kappa shape index (κ1) is 25.9. The first-order valence-corrected chi connectivity index (χ1v) is 13.5. The lowest BCUT2D eigenvalue weighted by Crippen LogP contribution is -2.48. The summed E-state index contributed by atoms with van der Waals surface area (Å²) in [5.41, 5.74) is 1.53. The molecule has 3 aliphatic rings. The second-order valence-corrected chi connectivity index (χ2v) is 10.5. The van der Waals surface area contributed by atoms with Crippen LogP contribution >= 0.6 is 0 Å². The van der Waals surface area contributed by atoms with Crippen LogP contribution < -0.4 is 14.5 Å². The smallest absolute Gasteiger partial charge is 0.269 e. The number of benzene rings is 4. The van der Waals surface area contributed by atoms with Crippen molar-refractivity contribution in [1.82, 2.24) is 5.06 Å². The number of carbonyl (C=O) groups excluding carboxylic acids is 2. The molecule has 3 aliphatic heterocycles. The fourth-order valence-corrected chi connectivity index (χ4v) is 6.55. The molecule has 3 fully saturated rings. The Labute approximate surface area is 241 Å². The third-order valence-corrected chi connectivity index (χ3v) is 8.39. The fourth-order valence-electron chi connectivity index (χ4n) is 6.55. The lowest BCUT2D eigenvalue weighted by molar-refractivity contribution is -0.385. The van der Waals surface area contributed by atoms with Crippen molar-refractivity contribution in [2.75, 3.05) is 23.5 Å². The summed E-state index contributed by atoms with van der Waals surface area (Å²) >= 11 is 0. The van der Waals surface area contributed by atoms with Crippen LogP contribution in [0.1, 0.15) is 17.3 Å². The summed E-state index contributed by atoms with van der Waals surface area (Å²) in [6, 6.07) is 32.3. The van der Waals surface area contributed by atoms with Gasteiger partial charge < -0.3 is 9.64 Å². The number of fused-ring (bicyclic) bond motifs is 3. The van der Waals surface area contributed by atoms with Gasteiger partial charge in [0.15, 0.2) is 6.10 Å². The maximum Gasteiger partial charge on any atom is 0.269 e.